The summed E-state index contributed by atoms with van der Waals surface area (Å²) in [5.41, 5.74) is 2.62. The van der Waals surface area contributed by atoms with Crippen LogP contribution in [0.25, 0.3) is 0 Å². The largest absolute Gasteiger partial charge is 0.396 e. The first kappa shape index (κ1) is 16.0. The molecule has 1 fully saturated rings. The first-order valence-corrected chi connectivity index (χ1v) is 8.78. The monoisotopic (exact) mass is 302 g/mol. The number of carbonyl (C=O) groups excluding carboxylic acids is 1. The van der Waals surface area contributed by atoms with Gasteiger partial charge in [-0.2, -0.15) is 0 Å². The number of ketones is 1. The van der Waals surface area contributed by atoms with Gasteiger partial charge in [0.1, 0.15) is 0 Å². The molecule has 0 aromatic carbocycles. The smallest absolute Gasteiger partial charge is 0.159 e. The lowest BCUT2D eigenvalue weighted by molar-refractivity contribution is -0.124. The third-order valence-corrected chi connectivity index (χ3v) is 7.21. The molecule has 2 nitrogen and oxygen atoms in total. The fourth-order valence-corrected chi connectivity index (χ4v) is 5.54. The highest BCUT2D eigenvalue weighted by molar-refractivity contribution is 5.98. The molecule has 3 aliphatic carbocycles. The molecular weight excluding hydrogens is 272 g/mol. The molecule has 0 unspecified atom stereocenters. The van der Waals surface area contributed by atoms with Crippen molar-refractivity contribution in [1.29, 1.82) is 0 Å². The van der Waals surface area contributed by atoms with Gasteiger partial charge in [-0.3, -0.25) is 4.79 Å². The van der Waals surface area contributed by atoms with E-state index in [1.54, 1.807) is 0 Å². The van der Waals surface area contributed by atoms with E-state index >= 15 is 0 Å². The normalized spacial score (nSPS) is 45.3. The maximum Gasteiger partial charge on any atom is 0.159 e. The van der Waals surface area contributed by atoms with Gasteiger partial charge in [-0.1, -0.05) is 38.8 Å². The Morgan fingerprint density at radius 1 is 1.27 bits per heavy atom. The van der Waals surface area contributed by atoms with Crippen molar-refractivity contribution in [2.75, 3.05) is 6.61 Å². The van der Waals surface area contributed by atoms with E-state index in [1.165, 1.54) is 12.0 Å². The van der Waals surface area contributed by atoms with Crippen molar-refractivity contribution in [3.05, 3.63) is 23.8 Å². The highest BCUT2D eigenvalue weighted by Crippen LogP contribution is 2.62. The van der Waals surface area contributed by atoms with Gasteiger partial charge in [0.15, 0.2) is 5.78 Å². The number of aliphatic hydroxyl groups is 1. The average Bonchev–Trinajstić information content (AvgIpc) is 2.50. The van der Waals surface area contributed by atoms with Gasteiger partial charge in [0.25, 0.3) is 0 Å². The first-order valence-electron chi connectivity index (χ1n) is 8.78. The van der Waals surface area contributed by atoms with Gasteiger partial charge >= 0.3 is 0 Å². The van der Waals surface area contributed by atoms with Crippen LogP contribution in [-0.2, 0) is 4.79 Å². The van der Waals surface area contributed by atoms with Gasteiger partial charge in [0, 0.05) is 13.0 Å². The molecule has 0 aromatic heterocycles. The number of hydrogen-bond acceptors (Lipinski definition) is 2. The highest BCUT2D eigenvalue weighted by Gasteiger charge is 2.55. The van der Waals surface area contributed by atoms with Gasteiger partial charge in [-0.25, -0.2) is 0 Å². The maximum atomic E-state index is 12.9. The van der Waals surface area contributed by atoms with Crippen LogP contribution in [0.1, 0.15) is 65.7 Å². The van der Waals surface area contributed by atoms with Crippen LogP contribution in [0, 0.1) is 22.2 Å². The maximum absolute atomic E-state index is 12.9. The zero-order valence-corrected chi connectivity index (χ0v) is 14.4. The Morgan fingerprint density at radius 2 is 2.00 bits per heavy atom. The summed E-state index contributed by atoms with van der Waals surface area (Å²) in [6.07, 6.45) is 9.03. The molecule has 0 radical (unpaired) electrons. The van der Waals surface area contributed by atoms with E-state index in [2.05, 4.69) is 27.4 Å². The van der Waals surface area contributed by atoms with Crippen LogP contribution in [0.2, 0.25) is 0 Å². The zero-order valence-electron chi connectivity index (χ0n) is 14.4. The van der Waals surface area contributed by atoms with E-state index in [1.807, 2.05) is 6.08 Å². The summed E-state index contributed by atoms with van der Waals surface area (Å²) in [4.78, 5) is 12.9. The van der Waals surface area contributed by atoms with Gasteiger partial charge in [-0.15, -0.1) is 6.58 Å². The summed E-state index contributed by atoms with van der Waals surface area (Å²) < 4.78 is 0. The predicted molar refractivity (Wildman–Crippen MR) is 89.4 cm³/mol. The Balaban J connectivity index is 2.06. The number of allylic oxidation sites excluding steroid dienone is 3. The van der Waals surface area contributed by atoms with E-state index < -0.39 is 0 Å². The SMILES string of the molecule is C=C[C@@]1(C)CCC2=C(C1)C(=O)C[C@H]1[C@](C)(CO)CCC[C@]21C. The Labute approximate surface area is 134 Å². The summed E-state index contributed by atoms with van der Waals surface area (Å²) in [7, 11) is 0. The molecule has 0 aromatic rings. The second-order valence-electron chi connectivity index (χ2n) is 8.76. The van der Waals surface area contributed by atoms with E-state index in [0.29, 0.717) is 18.1 Å². The van der Waals surface area contributed by atoms with Crippen LogP contribution >= 0.6 is 0 Å². The number of Topliss-reactive ketones (excluding diaryl/α,β-unsaturated/α-hetero) is 1. The Bertz CT molecular complexity index is 546. The lowest BCUT2D eigenvalue weighted by Gasteiger charge is -2.57. The van der Waals surface area contributed by atoms with Crippen molar-refractivity contribution in [2.24, 2.45) is 22.2 Å². The minimum absolute atomic E-state index is 0.0760. The molecule has 3 aliphatic rings. The molecule has 122 valence electrons. The molecule has 3 rings (SSSR count). The third kappa shape index (κ3) is 2.14. The number of carbonyl (C=O) groups is 1. The van der Waals surface area contributed by atoms with Crippen molar-refractivity contribution in [3.63, 3.8) is 0 Å². The number of aliphatic hydroxyl groups excluding tert-OH is 1. The summed E-state index contributed by atoms with van der Waals surface area (Å²) in [6.45, 7) is 11.0. The van der Waals surface area contributed by atoms with Crippen molar-refractivity contribution >= 4 is 5.78 Å². The molecule has 4 atom stereocenters. The standard InChI is InChI=1S/C20H30O2/c1-5-18(2)10-7-15-14(12-18)16(22)11-17-19(3,13-21)8-6-9-20(15,17)4/h5,17,21H,1,6-13H2,2-4H3/t17-,18-,19-,20+/m0/s1. The summed E-state index contributed by atoms with van der Waals surface area (Å²) in [5.74, 6) is 0.643. The Hall–Kier alpha value is -0.890. The number of hydrogen-bond donors (Lipinski definition) is 1. The van der Waals surface area contributed by atoms with Crippen molar-refractivity contribution in [1.82, 2.24) is 0 Å². The molecule has 0 amide bonds. The third-order valence-electron chi connectivity index (χ3n) is 7.21. The van der Waals surface area contributed by atoms with E-state index in [-0.39, 0.29) is 22.9 Å². The molecular formula is C20H30O2. The zero-order chi connectivity index (χ0) is 16.2. The van der Waals surface area contributed by atoms with Crippen LogP contribution in [-0.4, -0.2) is 17.5 Å². The lowest BCUT2D eigenvalue weighted by Crippen LogP contribution is -2.51. The van der Waals surface area contributed by atoms with Crippen molar-refractivity contribution < 1.29 is 9.90 Å². The van der Waals surface area contributed by atoms with Gasteiger partial charge in [0.2, 0.25) is 0 Å². The van der Waals surface area contributed by atoms with Crippen molar-refractivity contribution in [2.45, 2.75) is 65.7 Å². The van der Waals surface area contributed by atoms with E-state index in [4.69, 9.17) is 0 Å². The minimum atomic E-state index is -0.0968. The van der Waals surface area contributed by atoms with Gasteiger partial charge in [-0.05, 0) is 59.8 Å². The van der Waals surface area contributed by atoms with Gasteiger partial charge in [0.05, 0.1) is 0 Å². The molecule has 1 saturated carbocycles. The number of fused-ring (bicyclic) bond motifs is 2. The number of rotatable bonds is 2. The molecule has 22 heavy (non-hydrogen) atoms. The quantitative estimate of drug-likeness (QED) is 0.766. The minimum Gasteiger partial charge on any atom is -0.396 e. The van der Waals surface area contributed by atoms with Crippen LogP contribution in [0.3, 0.4) is 0 Å². The fourth-order valence-electron chi connectivity index (χ4n) is 5.54. The molecule has 0 aliphatic heterocycles. The Morgan fingerprint density at radius 3 is 2.64 bits per heavy atom. The molecule has 0 bridgehead atoms. The van der Waals surface area contributed by atoms with Gasteiger partial charge < -0.3 is 5.11 Å². The van der Waals surface area contributed by atoms with Crippen molar-refractivity contribution in [3.8, 4) is 0 Å². The van der Waals surface area contributed by atoms with Crippen LogP contribution in [0.4, 0.5) is 0 Å². The molecule has 1 N–H and O–H groups in total. The second-order valence-corrected chi connectivity index (χ2v) is 8.76. The average molecular weight is 302 g/mol. The van der Waals surface area contributed by atoms with E-state index in [9.17, 15) is 9.90 Å². The molecule has 0 saturated heterocycles. The molecule has 0 heterocycles. The summed E-state index contributed by atoms with van der Waals surface area (Å²) in [5, 5.41) is 9.97. The predicted octanol–water partition coefficient (Wildman–Crippen LogP) is 4.44. The summed E-state index contributed by atoms with van der Waals surface area (Å²) in [6, 6.07) is 0. The fraction of sp³-hybridized carbons (Fsp3) is 0.750. The highest BCUT2D eigenvalue weighted by atomic mass is 16.3. The second kappa shape index (κ2) is 5.06. The summed E-state index contributed by atoms with van der Waals surface area (Å²) >= 11 is 0. The van der Waals surface area contributed by atoms with Crippen LogP contribution < -0.4 is 0 Å². The topological polar surface area (TPSA) is 37.3 Å². The molecule has 2 heteroatoms. The van der Waals surface area contributed by atoms with Crippen LogP contribution in [0.5, 0.6) is 0 Å². The Kier molecular flexibility index (Phi) is 3.67. The lowest BCUT2D eigenvalue weighted by atomic mass is 9.47. The first-order chi connectivity index (χ1) is 10.3. The van der Waals surface area contributed by atoms with Crippen LogP contribution in [0.15, 0.2) is 23.8 Å². The molecule has 0 spiro atoms. The van der Waals surface area contributed by atoms with E-state index in [0.717, 1.165) is 37.7 Å².